The predicted octanol–water partition coefficient (Wildman–Crippen LogP) is 1.56. The number of rotatable bonds is 4. The van der Waals surface area contributed by atoms with Crippen molar-refractivity contribution in [2.75, 3.05) is 0 Å². The first-order valence-corrected chi connectivity index (χ1v) is 6.36. The van der Waals surface area contributed by atoms with Gasteiger partial charge in [-0.1, -0.05) is 25.1 Å². The molecule has 6 heteroatoms. The average Bonchev–Trinajstić information content (AvgIpc) is 2.76. The summed E-state index contributed by atoms with van der Waals surface area (Å²) in [4.78, 5) is 23.5. The maximum Gasteiger partial charge on any atom is 0.329 e. The molecule has 1 aromatic heterocycles. The molecule has 0 aliphatic heterocycles. The van der Waals surface area contributed by atoms with E-state index in [0.717, 1.165) is 5.52 Å². The Hall–Kier alpha value is -2.37. The SMILES string of the molecule is CCC(C)(NC(=O)c1nn(C)c2ccccc12)C(=O)O. The first-order valence-electron chi connectivity index (χ1n) is 6.36. The summed E-state index contributed by atoms with van der Waals surface area (Å²) >= 11 is 0. The van der Waals surface area contributed by atoms with Crippen molar-refractivity contribution in [1.29, 1.82) is 0 Å². The van der Waals surface area contributed by atoms with Crippen molar-refractivity contribution >= 4 is 22.8 Å². The van der Waals surface area contributed by atoms with Gasteiger partial charge in [0.2, 0.25) is 0 Å². The summed E-state index contributed by atoms with van der Waals surface area (Å²) in [7, 11) is 1.75. The molecule has 2 rings (SSSR count). The van der Waals surface area contributed by atoms with Crippen LogP contribution in [0.4, 0.5) is 0 Å². The Bertz CT molecular complexity index is 677. The van der Waals surface area contributed by atoms with Crippen LogP contribution in [0.3, 0.4) is 0 Å². The Balaban J connectivity index is 2.40. The van der Waals surface area contributed by atoms with Crippen LogP contribution in [0.25, 0.3) is 10.9 Å². The van der Waals surface area contributed by atoms with E-state index in [1.807, 2.05) is 18.2 Å². The second-order valence-corrected chi connectivity index (χ2v) is 4.93. The van der Waals surface area contributed by atoms with Crippen molar-refractivity contribution < 1.29 is 14.7 Å². The quantitative estimate of drug-likeness (QED) is 0.886. The summed E-state index contributed by atoms with van der Waals surface area (Å²) in [6, 6.07) is 7.33. The second-order valence-electron chi connectivity index (χ2n) is 4.93. The number of hydrogen-bond acceptors (Lipinski definition) is 3. The third-order valence-corrected chi connectivity index (χ3v) is 3.54. The highest BCUT2D eigenvalue weighted by Gasteiger charge is 2.34. The van der Waals surface area contributed by atoms with E-state index in [-0.39, 0.29) is 5.69 Å². The fourth-order valence-electron chi connectivity index (χ4n) is 1.98. The third-order valence-electron chi connectivity index (χ3n) is 3.54. The van der Waals surface area contributed by atoms with Crippen LogP contribution in [0.1, 0.15) is 30.8 Å². The summed E-state index contributed by atoms with van der Waals surface area (Å²) in [6.07, 6.45) is 0.291. The van der Waals surface area contributed by atoms with Gasteiger partial charge in [0, 0.05) is 12.4 Å². The fourth-order valence-corrected chi connectivity index (χ4v) is 1.98. The molecule has 1 aromatic carbocycles. The van der Waals surface area contributed by atoms with Gasteiger partial charge in [0.05, 0.1) is 5.52 Å². The molecule has 0 aliphatic rings. The number of aryl methyl sites for hydroxylation is 1. The van der Waals surface area contributed by atoms with E-state index in [9.17, 15) is 14.7 Å². The highest BCUT2D eigenvalue weighted by molar-refractivity contribution is 6.06. The highest BCUT2D eigenvalue weighted by Crippen LogP contribution is 2.19. The van der Waals surface area contributed by atoms with Crippen LogP contribution in [0.5, 0.6) is 0 Å². The maximum absolute atomic E-state index is 12.3. The number of carbonyl (C=O) groups excluding carboxylic acids is 1. The predicted molar refractivity (Wildman–Crippen MR) is 74.5 cm³/mol. The van der Waals surface area contributed by atoms with Crippen LogP contribution >= 0.6 is 0 Å². The molecule has 0 spiro atoms. The average molecular weight is 275 g/mol. The van der Waals surface area contributed by atoms with E-state index in [1.54, 1.807) is 24.7 Å². The largest absolute Gasteiger partial charge is 0.480 e. The van der Waals surface area contributed by atoms with Gasteiger partial charge in [0.15, 0.2) is 5.69 Å². The molecule has 1 heterocycles. The molecular formula is C14H17N3O3. The number of carboxylic acids is 1. The molecule has 1 amide bonds. The van der Waals surface area contributed by atoms with Crippen molar-refractivity contribution in [3.05, 3.63) is 30.0 Å². The molecule has 20 heavy (non-hydrogen) atoms. The molecule has 2 N–H and O–H groups in total. The van der Waals surface area contributed by atoms with Crippen molar-refractivity contribution in [3.63, 3.8) is 0 Å². The van der Waals surface area contributed by atoms with Crippen LogP contribution in [-0.4, -0.2) is 32.3 Å². The minimum atomic E-state index is -1.30. The van der Waals surface area contributed by atoms with Crippen LogP contribution in [-0.2, 0) is 11.8 Å². The summed E-state index contributed by atoms with van der Waals surface area (Å²) in [5.74, 6) is -1.54. The lowest BCUT2D eigenvalue weighted by atomic mass is 9.99. The monoisotopic (exact) mass is 275 g/mol. The molecule has 6 nitrogen and oxygen atoms in total. The zero-order chi connectivity index (χ0) is 14.9. The Kier molecular flexibility index (Phi) is 3.48. The topological polar surface area (TPSA) is 84.2 Å². The standard InChI is InChI=1S/C14H17N3O3/c1-4-14(2,13(19)20)15-12(18)11-9-7-5-6-8-10(9)17(3)16-11/h5-8H,4H2,1-3H3,(H,15,18)(H,19,20). The number of amides is 1. The van der Waals surface area contributed by atoms with Gasteiger partial charge in [-0.15, -0.1) is 0 Å². The van der Waals surface area contributed by atoms with Gasteiger partial charge in [0.1, 0.15) is 5.54 Å². The second kappa shape index (κ2) is 4.96. The zero-order valence-corrected chi connectivity index (χ0v) is 11.7. The molecule has 0 saturated carbocycles. The number of hydrogen-bond donors (Lipinski definition) is 2. The van der Waals surface area contributed by atoms with Gasteiger partial charge < -0.3 is 10.4 Å². The molecule has 1 unspecified atom stereocenters. The van der Waals surface area contributed by atoms with Gasteiger partial charge in [-0.3, -0.25) is 9.48 Å². The molecule has 106 valence electrons. The number of benzene rings is 1. The molecular weight excluding hydrogens is 258 g/mol. The number of aromatic nitrogens is 2. The summed E-state index contributed by atoms with van der Waals surface area (Å²) in [5, 5.41) is 16.6. The molecule has 2 aromatic rings. The van der Waals surface area contributed by atoms with Crippen LogP contribution in [0, 0.1) is 0 Å². The van der Waals surface area contributed by atoms with Crippen molar-refractivity contribution in [2.45, 2.75) is 25.8 Å². The molecule has 0 radical (unpaired) electrons. The van der Waals surface area contributed by atoms with Crippen LogP contribution in [0.15, 0.2) is 24.3 Å². The van der Waals surface area contributed by atoms with Crippen molar-refractivity contribution in [2.24, 2.45) is 7.05 Å². The van der Waals surface area contributed by atoms with Crippen molar-refractivity contribution in [1.82, 2.24) is 15.1 Å². The molecule has 0 fully saturated rings. The van der Waals surface area contributed by atoms with Crippen LogP contribution < -0.4 is 5.32 Å². The van der Waals surface area contributed by atoms with E-state index >= 15 is 0 Å². The smallest absolute Gasteiger partial charge is 0.329 e. The molecule has 1 atom stereocenters. The fraction of sp³-hybridized carbons (Fsp3) is 0.357. The number of aliphatic carboxylic acids is 1. The maximum atomic E-state index is 12.3. The normalized spacial score (nSPS) is 13.9. The van der Waals surface area contributed by atoms with Gasteiger partial charge in [-0.2, -0.15) is 5.10 Å². The number of nitrogens with one attached hydrogen (secondary N) is 1. The lowest BCUT2D eigenvalue weighted by Gasteiger charge is -2.24. The first-order chi connectivity index (χ1) is 9.39. The minimum absolute atomic E-state index is 0.240. The van der Waals surface area contributed by atoms with Gasteiger partial charge >= 0.3 is 5.97 Å². The lowest BCUT2D eigenvalue weighted by Crippen LogP contribution is -2.51. The molecule has 0 saturated heterocycles. The lowest BCUT2D eigenvalue weighted by molar-refractivity contribution is -0.143. The number of carbonyl (C=O) groups is 2. The van der Waals surface area contributed by atoms with Crippen LogP contribution in [0.2, 0.25) is 0 Å². The third kappa shape index (κ3) is 2.24. The molecule has 0 aliphatic carbocycles. The summed E-state index contributed by atoms with van der Waals surface area (Å²) in [5.41, 5.74) is -0.231. The summed E-state index contributed by atoms with van der Waals surface area (Å²) < 4.78 is 1.61. The zero-order valence-electron chi connectivity index (χ0n) is 11.7. The van der Waals surface area contributed by atoms with E-state index in [4.69, 9.17) is 0 Å². The number of para-hydroxylation sites is 1. The Labute approximate surface area is 116 Å². The Morgan fingerprint density at radius 3 is 2.65 bits per heavy atom. The number of fused-ring (bicyclic) bond motifs is 1. The van der Waals surface area contributed by atoms with Gasteiger partial charge in [0.25, 0.3) is 5.91 Å². The van der Waals surface area contributed by atoms with E-state index in [2.05, 4.69) is 10.4 Å². The minimum Gasteiger partial charge on any atom is -0.480 e. The van der Waals surface area contributed by atoms with E-state index < -0.39 is 17.4 Å². The van der Waals surface area contributed by atoms with Gasteiger partial charge in [-0.05, 0) is 19.4 Å². The Morgan fingerprint density at radius 1 is 1.40 bits per heavy atom. The Morgan fingerprint density at radius 2 is 2.05 bits per heavy atom. The molecule has 0 bridgehead atoms. The van der Waals surface area contributed by atoms with Gasteiger partial charge in [-0.25, -0.2) is 4.79 Å². The highest BCUT2D eigenvalue weighted by atomic mass is 16.4. The van der Waals surface area contributed by atoms with E-state index in [1.165, 1.54) is 6.92 Å². The summed E-state index contributed by atoms with van der Waals surface area (Å²) in [6.45, 7) is 3.20. The van der Waals surface area contributed by atoms with E-state index in [0.29, 0.717) is 11.8 Å². The van der Waals surface area contributed by atoms with Crippen molar-refractivity contribution in [3.8, 4) is 0 Å². The number of carboxylic acid groups (broad SMARTS) is 1. The first kappa shape index (κ1) is 14.0. The number of nitrogens with zero attached hydrogens (tertiary/aromatic N) is 2.